The van der Waals surface area contributed by atoms with E-state index in [1.807, 2.05) is 12.1 Å². The summed E-state index contributed by atoms with van der Waals surface area (Å²) in [6, 6.07) is 7.18. The lowest BCUT2D eigenvalue weighted by Crippen LogP contribution is -2.38. The van der Waals surface area contributed by atoms with E-state index in [4.69, 9.17) is 37.9 Å². The molecule has 2 aromatic rings. The number of cyclic esters (lactones) is 1. The number of carbonyl (C=O) groups excluding carboxylic acids is 1. The number of rotatable bonds is 7. The molecule has 6 rings (SSSR count). The Kier molecular flexibility index (Phi) is 6.49. The first-order valence-electron chi connectivity index (χ1n) is 12.9. The summed E-state index contributed by atoms with van der Waals surface area (Å²) < 4.78 is 46.1. The van der Waals surface area contributed by atoms with E-state index >= 15 is 0 Å². The lowest BCUT2D eigenvalue weighted by molar-refractivity contribution is -0.156. The Morgan fingerprint density at radius 2 is 1.59 bits per heavy atom. The second kappa shape index (κ2) is 9.74. The lowest BCUT2D eigenvalue weighted by Gasteiger charge is -2.39. The van der Waals surface area contributed by atoms with Gasteiger partial charge < -0.3 is 48.1 Å². The van der Waals surface area contributed by atoms with Gasteiger partial charge in [0, 0.05) is 11.8 Å². The number of aliphatic hydroxyl groups excluding tert-OH is 1. The maximum Gasteiger partial charge on any atom is 0.310 e. The fourth-order valence-corrected chi connectivity index (χ4v) is 6.22. The van der Waals surface area contributed by atoms with Crippen LogP contribution in [0.15, 0.2) is 24.3 Å². The van der Waals surface area contributed by atoms with Gasteiger partial charge in [0.25, 0.3) is 0 Å². The summed E-state index contributed by atoms with van der Waals surface area (Å²) >= 11 is 0. The molecular formula is C28H32O11. The molecule has 39 heavy (non-hydrogen) atoms. The van der Waals surface area contributed by atoms with Crippen molar-refractivity contribution in [2.24, 2.45) is 11.8 Å². The molecule has 3 unspecified atom stereocenters. The minimum atomic E-state index is -0.852. The molecule has 3 aliphatic heterocycles. The number of esters is 1. The quantitative estimate of drug-likeness (QED) is 0.499. The molecule has 0 saturated carbocycles. The summed E-state index contributed by atoms with van der Waals surface area (Å²) in [5.41, 5.74) is 2.35. The Morgan fingerprint density at radius 1 is 0.949 bits per heavy atom. The predicted octanol–water partition coefficient (Wildman–Crippen LogP) is 2.64. The van der Waals surface area contributed by atoms with Crippen molar-refractivity contribution in [2.75, 3.05) is 40.8 Å². The van der Waals surface area contributed by atoms with Crippen molar-refractivity contribution in [3.05, 3.63) is 41.0 Å². The van der Waals surface area contributed by atoms with Gasteiger partial charge in [-0.3, -0.25) is 4.79 Å². The normalized spacial score (nSPS) is 30.0. The molecule has 6 atom stereocenters. The smallest absolute Gasteiger partial charge is 0.310 e. The molecule has 210 valence electrons. The highest BCUT2D eigenvalue weighted by Crippen LogP contribution is 2.56. The highest BCUT2D eigenvalue weighted by molar-refractivity contribution is 5.79. The van der Waals surface area contributed by atoms with Gasteiger partial charge in [-0.15, -0.1) is 0 Å². The molecule has 2 aromatic carbocycles. The number of fused-ring (bicyclic) bond motifs is 3. The van der Waals surface area contributed by atoms with E-state index in [1.54, 1.807) is 26.0 Å². The van der Waals surface area contributed by atoms with Crippen molar-refractivity contribution < 1.29 is 52.9 Å². The fourth-order valence-electron chi connectivity index (χ4n) is 6.22. The maximum atomic E-state index is 13.3. The van der Waals surface area contributed by atoms with Crippen molar-refractivity contribution in [1.29, 1.82) is 0 Å². The average molecular weight is 545 g/mol. The Labute approximate surface area is 225 Å². The number of aromatic hydroxyl groups is 1. The van der Waals surface area contributed by atoms with Gasteiger partial charge in [-0.05, 0) is 54.8 Å². The molecule has 0 bridgehead atoms. The molecule has 2 saturated heterocycles. The third-order valence-corrected chi connectivity index (χ3v) is 7.89. The molecule has 11 nitrogen and oxygen atoms in total. The zero-order valence-electron chi connectivity index (χ0n) is 22.2. The predicted molar refractivity (Wildman–Crippen MR) is 133 cm³/mol. The topological polar surface area (TPSA) is 131 Å². The fraction of sp³-hybridized carbons (Fsp3) is 0.536. The first-order valence-corrected chi connectivity index (χ1v) is 12.9. The number of methoxy groups -OCH3 is 2. The number of hydrogen-bond donors (Lipinski definition) is 2. The average Bonchev–Trinajstić information content (AvgIpc) is 3.62. The Hall–Kier alpha value is -3.25. The van der Waals surface area contributed by atoms with Crippen LogP contribution in [0.3, 0.4) is 0 Å². The maximum absolute atomic E-state index is 13.3. The number of phenolic OH excluding ortho intramolecular Hbond substituents is 1. The van der Waals surface area contributed by atoms with Crippen LogP contribution >= 0.6 is 0 Å². The number of carbonyl (C=O) groups is 1. The van der Waals surface area contributed by atoms with Crippen LogP contribution < -0.4 is 18.9 Å². The highest BCUT2D eigenvalue weighted by atomic mass is 16.8. The van der Waals surface area contributed by atoms with Crippen molar-refractivity contribution in [3.8, 4) is 28.7 Å². The van der Waals surface area contributed by atoms with Crippen LogP contribution in [0.2, 0.25) is 0 Å². The SMILES string of the molecule is COc1cc([C@@H]2c3cc4c(cc3[C@@H](OCC3OC(C)(C)OC3CO)C3COC(=O)[C@@H]32)OCO4)cc(OC)c1O. The van der Waals surface area contributed by atoms with E-state index in [0.29, 0.717) is 17.1 Å². The van der Waals surface area contributed by atoms with Crippen LogP contribution in [0.5, 0.6) is 28.7 Å². The molecular weight excluding hydrogens is 512 g/mol. The first-order chi connectivity index (χ1) is 18.7. The standard InChI is InChI=1S/C28H32O11/c1-28(2)38-21(9-29)22(39-28)11-34-26-15-8-18-17(36-12-37-18)7-14(15)23(24-16(26)10-35-27(24)31)13-5-19(32-3)25(30)20(6-13)33-4/h5-8,16,21-24,26,29-30H,9-12H2,1-4H3/t16?,21?,22?,23-,24+,26-/m1/s1. The van der Waals surface area contributed by atoms with Crippen LogP contribution in [0.1, 0.15) is 42.6 Å². The Morgan fingerprint density at radius 3 is 2.23 bits per heavy atom. The second-order valence-electron chi connectivity index (χ2n) is 10.6. The third-order valence-electron chi connectivity index (χ3n) is 7.89. The molecule has 2 N–H and O–H groups in total. The van der Waals surface area contributed by atoms with Gasteiger partial charge in [-0.2, -0.15) is 0 Å². The summed E-state index contributed by atoms with van der Waals surface area (Å²) in [7, 11) is 2.91. The summed E-state index contributed by atoms with van der Waals surface area (Å²) in [5.74, 6) is -1.11. The monoisotopic (exact) mass is 544 g/mol. The molecule has 0 radical (unpaired) electrons. The zero-order valence-corrected chi connectivity index (χ0v) is 22.2. The van der Waals surface area contributed by atoms with Crippen LogP contribution in [0.4, 0.5) is 0 Å². The Bertz CT molecular complexity index is 1250. The molecule has 0 amide bonds. The molecule has 4 aliphatic rings. The summed E-state index contributed by atoms with van der Waals surface area (Å²) in [5, 5.41) is 20.4. The van der Waals surface area contributed by atoms with Crippen molar-refractivity contribution in [1.82, 2.24) is 0 Å². The minimum Gasteiger partial charge on any atom is -0.502 e. The summed E-state index contributed by atoms with van der Waals surface area (Å²) in [6.45, 7) is 3.76. The van der Waals surface area contributed by atoms with Gasteiger partial charge in [0.15, 0.2) is 28.8 Å². The van der Waals surface area contributed by atoms with Crippen LogP contribution in [0, 0.1) is 11.8 Å². The van der Waals surface area contributed by atoms with Gasteiger partial charge in [0.1, 0.15) is 12.2 Å². The van der Waals surface area contributed by atoms with Crippen LogP contribution in [-0.2, 0) is 23.7 Å². The lowest BCUT2D eigenvalue weighted by atomic mass is 9.66. The molecule has 0 spiro atoms. The second-order valence-corrected chi connectivity index (χ2v) is 10.6. The molecule has 0 aromatic heterocycles. The molecule has 1 aliphatic carbocycles. The number of aliphatic hydroxyl groups is 1. The summed E-state index contributed by atoms with van der Waals surface area (Å²) in [4.78, 5) is 13.3. The summed E-state index contributed by atoms with van der Waals surface area (Å²) in [6.07, 6.45) is -1.57. The largest absolute Gasteiger partial charge is 0.502 e. The molecule has 11 heteroatoms. The molecule has 3 heterocycles. The van der Waals surface area contributed by atoms with E-state index < -0.39 is 35.9 Å². The minimum absolute atomic E-state index is 0.0880. The van der Waals surface area contributed by atoms with Crippen molar-refractivity contribution in [3.63, 3.8) is 0 Å². The van der Waals surface area contributed by atoms with Gasteiger partial charge >= 0.3 is 5.97 Å². The van der Waals surface area contributed by atoms with E-state index in [2.05, 4.69) is 0 Å². The van der Waals surface area contributed by atoms with Gasteiger partial charge in [0.05, 0.1) is 46.1 Å². The molecule has 2 fully saturated rings. The van der Waals surface area contributed by atoms with Gasteiger partial charge in [0.2, 0.25) is 12.5 Å². The van der Waals surface area contributed by atoms with E-state index in [0.717, 1.165) is 11.1 Å². The van der Waals surface area contributed by atoms with E-state index in [9.17, 15) is 15.0 Å². The van der Waals surface area contributed by atoms with Crippen molar-refractivity contribution in [2.45, 2.75) is 43.9 Å². The zero-order chi connectivity index (χ0) is 27.5. The van der Waals surface area contributed by atoms with Crippen LogP contribution in [0.25, 0.3) is 0 Å². The van der Waals surface area contributed by atoms with E-state index in [-0.39, 0.29) is 55.7 Å². The van der Waals surface area contributed by atoms with Gasteiger partial charge in [-0.1, -0.05) is 0 Å². The first kappa shape index (κ1) is 26.0. The highest BCUT2D eigenvalue weighted by Gasteiger charge is 2.54. The van der Waals surface area contributed by atoms with Crippen molar-refractivity contribution >= 4 is 5.97 Å². The number of hydrogen-bond acceptors (Lipinski definition) is 11. The van der Waals surface area contributed by atoms with Gasteiger partial charge in [-0.25, -0.2) is 0 Å². The van der Waals surface area contributed by atoms with E-state index in [1.165, 1.54) is 14.2 Å². The van der Waals surface area contributed by atoms with Crippen LogP contribution in [-0.4, -0.2) is 75.0 Å². The Balaban J connectivity index is 1.44. The third kappa shape index (κ3) is 4.33. The number of phenols is 1. The number of benzene rings is 2. The number of ether oxygens (including phenoxy) is 8.